The molecule has 118 valence electrons. The van der Waals surface area contributed by atoms with Crippen molar-refractivity contribution < 1.29 is 23.0 Å². The normalized spacial score (nSPS) is 10.7. The molecule has 1 heterocycles. The van der Waals surface area contributed by atoms with Crippen LogP contribution in [0, 0.1) is 17.0 Å². The van der Waals surface area contributed by atoms with Gasteiger partial charge in [0.1, 0.15) is 0 Å². The Morgan fingerprint density at radius 3 is 2.86 bits per heavy atom. The van der Waals surface area contributed by atoms with Gasteiger partial charge in [0.15, 0.2) is 5.82 Å². The fourth-order valence-corrected chi connectivity index (χ4v) is 1.72. The van der Waals surface area contributed by atoms with Crippen LogP contribution in [0.15, 0.2) is 22.7 Å². The first-order chi connectivity index (χ1) is 10.5. The highest BCUT2D eigenvalue weighted by molar-refractivity contribution is 5.58. The number of nitro benzene ring substituents is 1. The molecule has 10 heteroatoms. The second-order valence-electron chi connectivity index (χ2n) is 4.23. The molecule has 0 spiro atoms. The van der Waals surface area contributed by atoms with Crippen molar-refractivity contribution in [3.8, 4) is 5.75 Å². The molecule has 0 aliphatic heterocycles. The number of nitro groups is 1. The van der Waals surface area contributed by atoms with Crippen LogP contribution in [-0.2, 0) is 6.42 Å². The second-order valence-corrected chi connectivity index (χ2v) is 4.23. The standard InChI is InChI=1S/C12H12F2N4O4/c1-7-16-11(22-17-7)4-5-15-8-2-3-9(18(19)20)10(6-8)21-12(13)14/h2-3,6,12,15H,4-5H2,1H3. The minimum atomic E-state index is -3.14. The number of nitrogens with zero attached hydrogens (tertiary/aromatic N) is 3. The zero-order valence-electron chi connectivity index (χ0n) is 11.5. The molecule has 0 amide bonds. The number of aromatic nitrogens is 2. The molecule has 0 unspecified atom stereocenters. The van der Waals surface area contributed by atoms with E-state index in [9.17, 15) is 18.9 Å². The number of hydrogen-bond donors (Lipinski definition) is 1. The summed E-state index contributed by atoms with van der Waals surface area (Å²) in [5.74, 6) is 0.438. The lowest BCUT2D eigenvalue weighted by Gasteiger charge is -2.09. The van der Waals surface area contributed by atoms with Gasteiger partial charge >= 0.3 is 12.3 Å². The SMILES string of the molecule is Cc1noc(CCNc2ccc([N+](=O)[O-])c(OC(F)F)c2)n1. The van der Waals surface area contributed by atoms with Crippen LogP contribution in [0.25, 0.3) is 0 Å². The number of benzene rings is 1. The predicted octanol–water partition coefficient (Wildman–Crippen LogP) is 2.54. The molecule has 0 saturated carbocycles. The summed E-state index contributed by atoms with van der Waals surface area (Å²) in [5.41, 5.74) is -0.129. The third kappa shape index (κ3) is 4.11. The Balaban J connectivity index is 2.02. The van der Waals surface area contributed by atoms with Crippen LogP contribution in [0.3, 0.4) is 0 Å². The summed E-state index contributed by atoms with van der Waals surface area (Å²) in [6.07, 6.45) is 0.420. The molecule has 1 aromatic heterocycles. The van der Waals surface area contributed by atoms with Gasteiger partial charge in [0.05, 0.1) is 4.92 Å². The Kier molecular flexibility index (Phi) is 4.81. The average molecular weight is 314 g/mol. The van der Waals surface area contributed by atoms with Crippen LogP contribution in [0.4, 0.5) is 20.2 Å². The lowest BCUT2D eigenvalue weighted by Crippen LogP contribution is -2.08. The highest BCUT2D eigenvalue weighted by Gasteiger charge is 2.19. The molecule has 0 bridgehead atoms. The van der Waals surface area contributed by atoms with E-state index in [4.69, 9.17) is 4.52 Å². The van der Waals surface area contributed by atoms with Crippen molar-refractivity contribution in [3.63, 3.8) is 0 Å². The van der Waals surface area contributed by atoms with E-state index in [1.165, 1.54) is 6.07 Å². The van der Waals surface area contributed by atoms with Crippen molar-refractivity contribution in [2.24, 2.45) is 0 Å². The summed E-state index contributed by atoms with van der Waals surface area (Å²) in [6.45, 7) is -1.08. The van der Waals surface area contributed by atoms with Crippen LogP contribution in [0.1, 0.15) is 11.7 Å². The van der Waals surface area contributed by atoms with Crippen molar-refractivity contribution in [1.82, 2.24) is 10.1 Å². The van der Waals surface area contributed by atoms with Crippen molar-refractivity contribution in [2.45, 2.75) is 20.0 Å². The summed E-state index contributed by atoms with van der Waals surface area (Å²) in [7, 11) is 0. The summed E-state index contributed by atoms with van der Waals surface area (Å²) >= 11 is 0. The molecule has 8 nitrogen and oxygen atoms in total. The molecule has 2 rings (SSSR count). The Hall–Kier alpha value is -2.78. The Bertz CT molecular complexity index is 662. The maximum Gasteiger partial charge on any atom is 0.387 e. The Morgan fingerprint density at radius 1 is 1.50 bits per heavy atom. The van der Waals surface area contributed by atoms with Crippen LogP contribution < -0.4 is 10.1 Å². The number of halogens is 2. The molecule has 0 aliphatic rings. The second kappa shape index (κ2) is 6.78. The molecule has 0 aliphatic carbocycles. The smallest absolute Gasteiger partial charge is 0.387 e. The molecule has 0 radical (unpaired) electrons. The van der Waals surface area contributed by atoms with Gasteiger partial charge < -0.3 is 14.6 Å². The maximum absolute atomic E-state index is 12.3. The van der Waals surface area contributed by atoms with Crippen molar-refractivity contribution >= 4 is 11.4 Å². The molecular formula is C12H12F2N4O4. The first kappa shape index (κ1) is 15.6. The average Bonchev–Trinajstić information content (AvgIpc) is 2.83. The fraction of sp³-hybridized carbons (Fsp3) is 0.333. The minimum absolute atomic E-state index is 0.383. The van der Waals surface area contributed by atoms with E-state index in [2.05, 4.69) is 20.2 Å². The van der Waals surface area contributed by atoms with E-state index >= 15 is 0 Å². The van der Waals surface area contributed by atoms with Gasteiger partial charge in [-0.3, -0.25) is 10.1 Å². The number of aryl methyl sites for hydroxylation is 1. The van der Waals surface area contributed by atoms with Crippen LogP contribution in [0.5, 0.6) is 5.75 Å². The summed E-state index contributed by atoms with van der Waals surface area (Å²) in [5, 5.41) is 17.3. The highest BCUT2D eigenvalue weighted by Crippen LogP contribution is 2.31. The highest BCUT2D eigenvalue weighted by atomic mass is 19.3. The molecule has 1 N–H and O–H groups in total. The Morgan fingerprint density at radius 2 is 2.27 bits per heavy atom. The van der Waals surface area contributed by atoms with Crippen LogP contribution >= 0.6 is 0 Å². The summed E-state index contributed by atoms with van der Waals surface area (Å²) in [4.78, 5) is 14.0. The van der Waals surface area contributed by atoms with Crippen LogP contribution in [0.2, 0.25) is 0 Å². The van der Waals surface area contributed by atoms with Gasteiger partial charge in [-0.15, -0.1) is 0 Å². The topological polar surface area (TPSA) is 103 Å². The van der Waals surface area contributed by atoms with E-state index in [1.807, 2.05) is 0 Å². The van der Waals surface area contributed by atoms with Gasteiger partial charge in [-0.2, -0.15) is 13.8 Å². The number of nitrogens with one attached hydrogen (secondary N) is 1. The van der Waals surface area contributed by atoms with Gasteiger partial charge in [-0.1, -0.05) is 5.16 Å². The zero-order valence-corrected chi connectivity index (χ0v) is 11.5. The summed E-state index contributed by atoms with van der Waals surface area (Å²) < 4.78 is 33.6. The molecule has 2 aromatic rings. The minimum Gasteiger partial charge on any atom is -0.427 e. The maximum atomic E-state index is 12.3. The number of ether oxygens (including phenoxy) is 1. The van der Waals surface area contributed by atoms with E-state index in [0.29, 0.717) is 30.4 Å². The molecular weight excluding hydrogens is 302 g/mol. The van der Waals surface area contributed by atoms with Gasteiger partial charge in [-0.05, 0) is 13.0 Å². The Labute approximate surface area is 123 Å². The first-order valence-electron chi connectivity index (χ1n) is 6.22. The quantitative estimate of drug-likeness (QED) is 0.618. The molecule has 22 heavy (non-hydrogen) atoms. The third-order valence-corrected chi connectivity index (χ3v) is 2.61. The third-order valence-electron chi connectivity index (χ3n) is 2.61. The number of alkyl halides is 2. The lowest BCUT2D eigenvalue weighted by molar-refractivity contribution is -0.386. The number of hydrogen-bond acceptors (Lipinski definition) is 7. The van der Waals surface area contributed by atoms with Gasteiger partial charge in [0.25, 0.3) is 0 Å². The monoisotopic (exact) mass is 314 g/mol. The van der Waals surface area contributed by atoms with Gasteiger partial charge in [0, 0.05) is 30.8 Å². The molecule has 1 aromatic carbocycles. The number of rotatable bonds is 7. The van der Waals surface area contributed by atoms with Crippen molar-refractivity contribution in [3.05, 3.63) is 40.0 Å². The predicted molar refractivity (Wildman–Crippen MR) is 71.0 cm³/mol. The van der Waals surface area contributed by atoms with Crippen LogP contribution in [-0.4, -0.2) is 28.2 Å². The van der Waals surface area contributed by atoms with Crippen molar-refractivity contribution in [2.75, 3.05) is 11.9 Å². The van der Waals surface area contributed by atoms with Gasteiger partial charge in [-0.25, -0.2) is 0 Å². The van der Waals surface area contributed by atoms with E-state index in [-0.39, 0.29) is 0 Å². The van der Waals surface area contributed by atoms with E-state index in [1.54, 1.807) is 6.92 Å². The number of anilines is 1. The van der Waals surface area contributed by atoms with Gasteiger partial charge in [0.2, 0.25) is 11.6 Å². The van der Waals surface area contributed by atoms with E-state index < -0.39 is 23.0 Å². The first-order valence-corrected chi connectivity index (χ1v) is 6.22. The van der Waals surface area contributed by atoms with Crippen molar-refractivity contribution in [1.29, 1.82) is 0 Å². The zero-order chi connectivity index (χ0) is 16.1. The molecule has 0 fully saturated rings. The molecule has 0 saturated heterocycles. The largest absolute Gasteiger partial charge is 0.427 e. The fourth-order valence-electron chi connectivity index (χ4n) is 1.72. The summed E-state index contributed by atoms with van der Waals surface area (Å²) in [6, 6.07) is 3.63. The molecule has 0 atom stereocenters. The lowest BCUT2D eigenvalue weighted by atomic mass is 10.2. The van der Waals surface area contributed by atoms with E-state index in [0.717, 1.165) is 12.1 Å².